The molecule has 100 valence electrons. The molecule has 1 aromatic carbocycles. The average Bonchev–Trinajstić information content (AvgIpc) is 2.64. The standard InChI is InChI=1S/C16H26N2/c1-13(2)15-6-4-9-18(10-8-15)16-7-3-5-14(11-16)12-17/h3,5,7,11,13,15H,4,6,8-10,12,17H2,1-2H3. The highest BCUT2D eigenvalue weighted by Crippen LogP contribution is 2.27. The molecule has 0 amide bonds. The maximum Gasteiger partial charge on any atom is 0.0369 e. The maximum atomic E-state index is 5.72. The lowest BCUT2D eigenvalue weighted by Gasteiger charge is -2.24. The fourth-order valence-electron chi connectivity index (χ4n) is 2.93. The van der Waals surface area contributed by atoms with Gasteiger partial charge in [-0.1, -0.05) is 26.0 Å². The molecule has 2 N–H and O–H groups in total. The van der Waals surface area contributed by atoms with Crippen LogP contribution in [0.25, 0.3) is 0 Å². The first kappa shape index (κ1) is 13.4. The van der Waals surface area contributed by atoms with E-state index in [1.54, 1.807) is 0 Å². The zero-order chi connectivity index (χ0) is 13.0. The first-order valence-electron chi connectivity index (χ1n) is 7.24. The molecule has 2 rings (SSSR count). The molecule has 0 aromatic heterocycles. The topological polar surface area (TPSA) is 29.3 Å². The zero-order valence-electron chi connectivity index (χ0n) is 11.7. The van der Waals surface area contributed by atoms with Gasteiger partial charge in [0.25, 0.3) is 0 Å². The molecular formula is C16H26N2. The van der Waals surface area contributed by atoms with Crippen molar-refractivity contribution < 1.29 is 0 Å². The largest absolute Gasteiger partial charge is 0.372 e. The van der Waals surface area contributed by atoms with Gasteiger partial charge in [0, 0.05) is 25.3 Å². The van der Waals surface area contributed by atoms with Gasteiger partial charge >= 0.3 is 0 Å². The third kappa shape index (κ3) is 3.26. The van der Waals surface area contributed by atoms with E-state index in [9.17, 15) is 0 Å². The van der Waals surface area contributed by atoms with Crippen molar-refractivity contribution in [3.63, 3.8) is 0 Å². The van der Waals surface area contributed by atoms with Crippen LogP contribution in [0.5, 0.6) is 0 Å². The summed E-state index contributed by atoms with van der Waals surface area (Å²) < 4.78 is 0. The van der Waals surface area contributed by atoms with Gasteiger partial charge in [-0.3, -0.25) is 0 Å². The molecule has 1 atom stereocenters. The summed E-state index contributed by atoms with van der Waals surface area (Å²) in [6, 6.07) is 8.70. The number of benzene rings is 1. The highest BCUT2D eigenvalue weighted by atomic mass is 15.1. The van der Waals surface area contributed by atoms with Gasteiger partial charge in [0.1, 0.15) is 0 Å². The van der Waals surface area contributed by atoms with E-state index < -0.39 is 0 Å². The number of nitrogens with two attached hydrogens (primary N) is 1. The van der Waals surface area contributed by atoms with Gasteiger partial charge in [0.2, 0.25) is 0 Å². The molecule has 2 heteroatoms. The lowest BCUT2D eigenvalue weighted by Crippen LogP contribution is -2.24. The summed E-state index contributed by atoms with van der Waals surface area (Å²) in [6.45, 7) is 7.73. The molecule has 1 unspecified atom stereocenters. The minimum Gasteiger partial charge on any atom is -0.372 e. The van der Waals surface area contributed by atoms with Crippen molar-refractivity contribution >= 4 is 5.69 Å². The highest BCUT2D eigenvalue weighted by molar-refractivity contribution is 5.48. The molecule has 1 heterocycles. The SMILES string of the molecule is CC(C)C1CCCN(c2cccc(CN)c2)CC1. The molecule has 1 saturated heterocycles. The van der Waals surface area contributed by atoms with Crippen molar-refractivity contribution in [2.24, 2.45) is 17.6 Å². The summed E-state index contributed by atoms with van der Waals surface area (Å²) in [7, 11) is 0. The predicted molar refractivity (Wildman–Crippen MR) is 78.7 cm³/mol. The van der Waals surface area contributed by atoms with E-state index in [4.69, 9.17) is 5.73 Å². The Balaban J connectivity index is 2.04. The summed E-state index contributed by atoms with van der Waals surface area (Å²) in [5.74, 6) is 1.72. The fourth-order valence-corrected chi connectivity index (χ4v) is 2.93. The van der Waals surface area contributed by atoms with Crippen molar-refractivity contribution in [1.82, 2.24) is 0 Å². The first-order valence-corrected chi connectivity index (χ1v) is 7.24. The van der Waals surface area contributed by atoms with E-state index in [2.05, 4.69) is 43.0 Å². The van der Waals surface area contributed by atoms with Crippen LogP contribution in [-0.4, -0.2) is 13.1 Å². The lowest BCUT2D eigenvalue weighted by molar-refractivity contribution is 0.351. The number of hydrogen-bond acceptors (Lipinski definition) is 2. The first-order chi connectivity index (χ1) is 8.70. The summed E-state index contributed by atoms with van der Waals surface area (Å²) in [4.78, 5) is 2.53. The maximum absolute atomic E-state index is 5.72. The average molecular weight is 246 g/mol. The molecule has 1 aliphatic heterocycles. The van der Waals surface area contributed by atoms with Crippen LogP contribution < -0.4 is 10.6 Å². The number of anilines is 1. The Labute approximate surface area is 111 Å². The third-order valence-corrected chi connectivity index (χ3v) is 4.23. The number of nitrogens with zero attached hydrogens (tertiary/aromatic N) is 1. The van der Waals surface area contributed by atoms with Gasteiger partial charge in [-0.2, -0.15) is 0 Å². The van der Waals surface area contributed by atoms with Crippen molar-refractivity contribution in [3.05, 3.63) is 29.8 Å². The molecule has 0 saturated carbocycles. The molecule has 0 spiro atoms. The van der Waals surface area contributed by atoms with E-state index in [1.165, 1.54) is 43.6 Å². The summed E-state index contributed by atoms with van der Waals surface area (Å²) >= 11 is 0. The Bertz CT molecular complexity index is 373. The van der Waals surface area contributed by atoms with Crippen LogP contribution in [0, 0.1) is 11.8 Å². The molecule has 0 aliphatic carbocycles. The normalized spacial score (nSPS) is 21.1. The molecule has 1 aromatic rings. The van der Waals surface area contributed by atoms with E-state index in [0.29, 0.717) is 6.54 Å². The van der Waals surface area contributed by atoms with Crippen LogP contribution >= 0.6 is 0 Å². The van der Waals surface area contributed by atoms with Gasteiger partial charge < -0.3 is 10.6 Å². The molecular weight excluding hydrogens is 220 g/mol. The lowest BCUT2D eigenvalue weighted by atomic mass is 9.89. The smallest absolute Gasteiger partial charge is 0.0369 e. The Hall–Kier alpha value is -1.02. The van der Waals surface area contributed by atoms with Crippen LogP contribution in [0.1, 0.15) is 38.7 Å². The Morgan fingerprint density at radius 2 is 2.11 bits per heavy atom. The van der Waals surface area contributed by atoms with Gasteiger partial charge in [-0.05, 0) is 48.8 Å². The second-order valence-electron chi connectivity index (χ2n) is 5.80. The van der Waals surface area contributed by atoms with Gasteiger partial charge in [-0.15, -0.1) is 0 Å². The van der Waals surface area contributed by atoms with E-state index in [0.717, 1.165) is 11.8 Å². The number of hydrogen-bond donors (Lipinski definition) is 1. The molecule has 2 nitrogen and oxygen atoms in total. The molecule has 18 heavy (non-hydrogen) atoms. The third-order valence-electron chi connectivity index (χ3n) is 4.23. The molecule has 1 fully saturated rings. The summed E-state index contributed by atoms with van der Waals surface area (Å²) in [6.07, 6.45) is 4.02. The molecule has 0 radical (unpaired) electrons. The van der Waals surface area contributed by atoms with E-state index >= 15 is 0 Å². The fraction of sp³-hybridized carbons (Fsp3) is 0.625. The minimum atomic E-state index is 0.635. The van der Waals surface area contributed by atoms with E-state index in [1.807, 2.05) is 0 Å². The van der Waals surface area contributed by atoms with Crippen molar-refractivity contribution in [1.29, 1.82) is 0 Å². The second kappa shape index (κ2) is 6.24. The Morgan fingerprint density at radius 1 is 1.28 bits per heavy atom. The van der Waals surface area contributed by atoms with Crippen LogP contribution in [0.4, 0.5) is 5.69 Å². The number of rotatable bonds is 3. The molecule has 0 bridgehead atoms. The summed E-state index contributed by atoms with van der Waals surface area (Å²) in [5.41, 5.74) is 8.31. The van der Waals surface area contributed by atoms with Crippen LogP contribution in [0.3, 0.4) is 0 Å². The van der Waals surface area contributed by atoms with Gasteiger partial charge in [-0.25, -0.2) is 0 Å². The van der Waals surface area contributed by atoms with Crippen LogP contribution in [-0.2, 0) is 6.54 Å². The zero-order valence-corrected chi connectivity index (χ0v) is 11.7. The Kier molecular flexibility index (Phi) is 4.65. The van der Waals surface area contributed by atoms with Crippen LogP contribution in [0.15, 0.2) is 24.3 Å². The van der Waals surface area contributed by atoms with Crippen molar-refractivity contribution in [2.45, 2.75) is 39.7 Å². The minimum absolute atomic E-state index is 0.635. The van der Waals surface area contributed by atoms with Gasteiger partial charge in [0.05, 0.1) is 0 Å². The van der Waals surface area contributed by atoms with E-state index in [-0.39, 0.29) is 0 Å². The molecule has 1 aliphatic rings. The monoisotopic (exact) mass is 246 g/mol. The summed E-state index contributed by atoms with van der Waals surface area (Å²) in [5, 5.41) is 0. The predicted octanol–water partition coefficient (Wildman–Crippen LogP) is 3.41. The van der Waals surface area contributed by atoms with Crippen LogP contribution in [0.2, 0.25) is 0 Å². The second-order valence-corrected chi connectivity index (χ2v) is 5.80. The van der Waals surface area contributed by atoms with Crippen molar-refractivity contribution in [2.75, 3.05) is 18.0 Å². The quantitative estimate of drug-likeness (QED) is 0.885. The highest BCUT2D eigenvalue weighted by Gasteiger charge is 2.19. The van der Waals surface area contributed by atoms with Crippen molar-refractivity contribution in [3.8, 4) is 0 Å². The van der Waals surface area contributed by atoms with Gasteiger partial charge in [0.15, 0.2) is 0 Å². The Morgan fingerprint density at radius 3 is 2.83 bits per heavy atom.